The number of carboxylic acid groups (broad SMARTS) is 1. The SMILES string of the molecule is CN(C)CC=CC(=O)N1CCC(C(=O)O)CC1. The largest absolute Gasteiger partial charge is 0.481 e. The molecule has 96 valence electrons. The topological polar surface area (TPSA) is 60.9 Å². The van der Waals surface area contributed by atoms with Gasteiger partial charge in [0.2, 0.25) is 5.91 Å². The van der Waals surface area contributed by atoms with E-state index >= 15 is 0 Å². The summed E-state index contributed by atoms with van der Waals surface area (Å²) in [6, 6.07) is 0. The number of nitrogens with zero attached hydrogens (tertiary/aromatic N) is 2. The third kappa shape index (κ3) is 4.56. The maximum atomic E-state index is 11.7. The second kappa shape index (κ2) is 6.39. The number of likely N-dealkylation sites (N-methyl/N-ethyl adjacent to an activating group) is 1. The van der Waals surface area contributed by atoms with Gasteiger partial charge in [0.25, 0.3) is 0 Å². The Bertz CT molecular complexity index is 305. The lowest BCUT2D eigenvalue weighted by atomic mass is 9.97. The highest BCUT2D eigenvalue weighted by molar-refractivity contribution is 5.87. The van der Waals surface area contributed by atoms with Gasteiger partial charge in [0.1, 0.15) is 0 Å². The minimum Gasteiger partial charge on any atom is -0.481 e. The number of hydrogen-bond acceptors (Lipinski definition) is 3. The van der Waals surface area contributed by atoms with Gasteiger partial charge in [-0.05, 0) is 26.9 Å². The summed E-state index contributed by atoms with van der Waals surface area (Å²) in [5.41, 5.74) is 0. The summed E-state index contributed by atoms with van der Waals surface area (Å²) in [5, 5.41) is 8.84. The number of aliphatic carboxylic acids is 1. The minimum absolute atomic E-state index is 0.0179. The molecule has 0 bridgehead atoms. The summed E-state index contributed by atoms with van der Waals surface area (Å²) in [7, 11) is 3.88. The van der Waals surface area contributed by atoms with Crippen LogP contribution in [-0.4, -0.2) is 60.5 Å². The van der Waals surface area contributed by atoms with Crippen LogP contribution in [0.25, 0.3) is 0 Å². The van der Waals surface area contributed by atoms with Gasteiger partial charge in [-0.25, -0.2) is 0 Å². The third-order valence-corrected chi connectivity index (χ3v) is 2.89. The van der Waals surface area contributed by atoms with Gasteiger partial charge >= 0.3 is 5.97 Å². The number of hydrogen-bond donors (Lipinski definition) is 1. The summed E-state index contributed by atoms with van der Waals surface area (Å²) >= 11 is 0. The predicted octanol–water partition coefficient (Wildman–Crippen LogP) is 0.427. The first-order chi connectivity index (χ1) is 8.00. The van der Waals surface area contributed by atoms with Gasteiger partial charge in [-0.3, -0.25) is 9.59 Å². The van der Waals surface area contributed by atoms with Crippen molar-refractivity contribution in [3.8, 4) is 0 Å². The van der Waals surface area contributed by atoms with Crippen LogP contribution >= 0.6 is 0 Å². The van der Waals surface area contributed by atoms with E-state index in [2.05, 4.69) is 0 Å². The molecular formula is C12H20N2O3. The van der Waals surface area contributed by atoms with Gasteiger partial charge < -0.3 is 14.9 Å². The zero-order chi connectivity index (χ0) is 12.8. The van der Waals surface area contributed by atoms with E-state index in [0.29, 0.717) is 25.9 Å². The van der Waals surface area contributed by atoms with Crippen molar-refractivity contribution in [2.45, 2.75) is 12.8 Å². The lowest BCUT2D eigenvalue weighted by molar-refractivity contribution is -0.144. The number of carboxylic acids is 1. The summed E-state index contributed by atoms with van der Waals surface area (Å²) in [6.45, 7) is 1.82. The zero-order valence-electron chi connectivity index (χ0n) is 10.4. The molecule has 1 rings (SSSR count). The predicted molar refractivity (Wildman–Crippen MR) is 64.6 cm³/mol. The van der Waals surface area contributed by atoms with Crippen LogP contribution in [0.2, 0.25) is 0 Å². The quantitative estimate of drug-likeness (QED) is 0.724. The van der Waals surface area contributed by atoms with Crippen molar-refractivity contribution < 1.29 is 14.7 Å². The Morgan fingerprint density at radius 2 is 1.94 bits per heavy atom. The van der Waals surface area contributed by atoms with Crippen LogP contribution in [0.15, 0.2) is 12.2 Å². The van der Waals surface area contributed by atoms with Crippen molar-refractivity contribution in [1.29, 1.82) is 0 Å². The molecule has 5 nitrogen and oxygen atoms in total. The standard InChI is InChI=1S/C12H20N2O3/c1-13(2)7-3-4-11(15)14-8-5-10(6-9-14)12(16)17/h3-4,10H,5-9H2,1-2H3,(H,16,17). The van der Waals surface area contributed by atoms with Crippen molar-refractivity contribution in [1.82, 2.24) is 9.80 Å². The van der Waals surface area contributed by atoms with Gasteiger partial charge in [-0.1, -0.05) is 6.08 Å². The highest BCUT2D eigenvalue weighted by atomic mass is 16.4. The van der Waals surface area contributed by atoms with Crippen LogP contribution in [0.4, 0.5) is 0 Å². The average Bonchev–Trinajstić information content (AvgIpc) is 2.28. The lowest BCUT2D eigenvalue weighted by Gasteiger charge is -2.29. The van der Waals surface area contributed by atoms with Crippen molar-refractivity contribution in [3.05, 3.63) is 12.2 Å². The van der Waals surface area contributed by atoms with E-state index in [4.69, 9.17) is 5.11 Å². The number of carbonyl (C=O) groups excluding carboxylic acids is 1. The van der Waals surface area contributed by atoms with E-state index in [1.807, 2.05) is 25.1 Å². The average molecular weight is 240 g/mol. The number of rotatable bonds is 4. The molecule has 1 amide bonds. The van der Waals surface area contributed by atoms with Crippen molar-refractivity contribution in [2.75, 3.05) is 33.7 Å². The molecule has 0 aliphatic carbocycles. The maximum Gasteiger partial charge on any atom is 0.306 e. The number of likely N-dealkylation sites (tertiary alicyclic amines) is 1. The molecule has 1 aliphatic heterocycles. The molecule has 17 heavy (non-hydrogen) atoms. The second-order valence-electron chi connectivity index (χ2n) is 4.60. The van der Waals surface area contributed by atoms with Crippen molar-refractivity contribution in [2.24, 2.45) is 5.92 Å². The van der Waals surface area contributed by atoms with Crippen LogP contribution in [0.1, 0.15) is 12.8 Å². The molecule has 0 spiro atoms. The van der Waals surface area contributed by atoms with E-state index in [-0.39, 0.29) is 11.8 Å². The fourth-order valence-electron chi connectivity index (χ4n) is 1.82. The van der Waals surface area contributed by atoms with Crippen LogP contribution in [-0.2, 0) is 9.59 Å². The Morgan fingerprint density at radius 1 is 1.35 bits per heavy atom. The molecule has 5 heteroatoms. The summed E-state index contributed by atoms with van der Waals surface area (Å²) in [5.74, 6) is -1.05. The van der Waals surface area contributed by atoms with Gasteiger partial charge in [0.05, 0.1) is 5.92 Å². The molecule has 1 heterocycles. The highest BCUT2D eigenvalue weighted by Crippen LogP contribution is 2.17. The molecule has 0 aromatic carbocycles. The monoisotopic (exact) mass is 240 g/mol. The lowest BCUT2D eigenvalue weighted by Crippen LogP contribution is -2.39. The van der Waals surface area contributed by atoms with Gasteiger partial charge in [0.15, 0.2) is 0 Å². The fraction of sp³-hybridized carbons (Fsp3) is 0.667. The molecule has 0 unspecified atom stereocenters. The van der Waals surface area contributed by atoms with Crippen molar-refractivity contribution in [3.63, 3.8) is 0 Å². The first kappa shape index (κ1) is 13.7. The molecule has 0 aromatic heterocycles. The summed E-state index contributed by atoms with van der Waals surface area (Å²) in [6.07, 6.45) is 4.51. The number of carbonyl (C=O) groups is 2. The summed E-state index contributed by atoms with van der Waals surface area (Å²) in [4.78, 5) is 26.2. The Hall–Kier alpha value is -1.36. The van der Waals surface area contributed by atoms with Crippen LogP contribution in [0.5, 0.6) is 0 Å². The molecule has 1 N–H and O–H groups in total. The smallest absolute Gasteiger partial charge is 0.306 e. The Morgan fingerprint density at radius 3 is 2.41 bits per heavy atom. The third-order valence-electron chi connectivity index (χ3n) is 2.89. The highest BCUT2D eigenvalue weighted by Gasteiger charge is 2.25. The first-order valence-corrected chi connectivity index (χ1v) is 5.83. The van der Waals surface area contributed by atoms with Crippen molar-refractivity contribution >= 4 is 11.9 Å². The van der Waals surface area contributed by atoms with Crippen LogP contribution in [0.3, 0.4) is 0 Å². The molecule has 0 atom stereocenters. The molecule has 1 saturated heterocycles. The van der Waals surface area contributed by atoms with E-state index in [1.165, 1.54) is 0 Å². The van der Waals surface area contributed by atoms with E-state index < -0.39 is 5.97 Å². The second-order valence-corrected chi connectivity index (χ2v) is 4.60. The molecule has 0 aromatic rings. The van der Waals surface area contributed by atoms with Crippen LogP contribution in [0, 0.1) is 5.92 Å². The van der Waals surface area contributed by atoms with E-state index in [9.17, 15) is 9.59 Å². The summed E-state index contributed by atoms with van der Waals surface area (Å²) < 4.78 is 0. The molecule has 1 aliphatic rings. The Kier molecular flexibility index (Phi) is 5.15. The van der Waals surface area contributed by atoms with Gasteiger partial charge in [-0.15, -0.1) is 0 Å². The first-order valence-electron chi connectivity index (χ1n) is 5.83. The normalized spacial score (nSPS) is 17.9. The minimum atomic E-state index is -0.750. The van der Waals surface area contributed by atoms with Gasteiger partial charge in [-0.2, -0.15) is 0 Å². The van der Waals surface area contributed by atoms with E-state index in [0.717, 1.165) is 6.54 Å². The van der Waals surface area contributed by atoms with Gasteiger partial charge in [0, 0.05) is 25.7 Å². The molecule has 0 radical (unpaired) electrons. The molecular weight excluding hydrogens is 220 g/mol. The van der Waals surface area contributed by atoms with E-state index in [1.54, 1.807) is 11.0 Å². The maximum absolute atomic E-state index is 11.7. The Labute approximate surface area is 102 Å². The number of piperidine rings is 1. The molecule has 0 saturated carbocycles. The molecule has 1 fully saturated rings. The Balaban J connectivity index is 2.35. The van der Waals surface area contributed by atoms with Crippen LogP contribution < -0.4 is 0 Å². The number of amides is 1. The zero-order valence-corrected chi connectivity index (χ0v) is 10.4. The fourth-order valence-corrected chi connectivity index (χ4v) is 1.82.